The van der Waals surface area contributed by atoms with Crippen LogP contribution in [0.25, 0.3) is 0 Å². The predicted molar refractivity (Wildman–Crippen MR) is 67.5 cm³/mol. The Bertz CT molecular complexity index is 470. The number of hydrogen-bond donors (Lipinski definition) is 2. The zero-order chi connectivity index (χ0) is 15.6. The van der Waals surface area contributed by atoms with Gasteiger partial charge in [-0.25, -0.2) is 4.79 Å². The highest BCUT2D eigenvalue weighted by Crippen LogP contribution is 2.33. The molecule has 0 aliphatic rings. The van der Waals surface area contributed by atoms with Crippen LogP contribution in [0, 0.1) is 0 Å². The van der Waals surface area contributed by atoms with Crippen LogP contribution >= 0.6 is 11.3 Å². The maximum atomic E-state index is 12.3. The molecule has 6 nitrogen and oxygen atoms in total. The Labute approximate surface area is 117 Å². The van der Waals surface area contributed by atoms with Gasteiger partial charge in [-0.2, -0.15) is 13.2 Å². The molecule has 0 spiro atoms. The molecule has 1 heterocycles. The summed E-state index contributed by atoms with van der Waals surface area (Å²) in [6, 6.07) is -0.639. The minimum Gasteiger partial charge on any atom is -0.389 e. The van der Waals surface area contributed by atoms with E-state index in [0.29, 0.717) is 6.54 Å². The fourth-order valence-corrected chi connectivity index (χ4v) is 1.95. The van der Waals surface area contributed by atoms with Crippen LogP contribution in [-0.4, -0.2) is 44.9 Å². The highest BCUT2D eigenvalue weighted by Gasteiger charge is 2.36. The Morgan fingerprint density at radius 2 is 2.00 bits per heavy atom. The predicted octanol–water partition coefficient (Wildman–Crippen LogP) is 2.18. The third kappa shape index (κ3) is 4.93. The van der Waals surface area contributed by atoms with E-state index in [1.165, 1.54) is 18.7 Å². The van der Waals surface area contributed by atoms with Crippen LogP contribution in [0.3, 0.4) is 0 Å². The monoisotopic (exact) mass is 312 g/mol. The molecule has 10 heteroatoms. The summed E-state index contributed by atoms with van der Waals surface area (Å²) in [7, 11) is 0. The first-order valence-electron chi connectivity index (χ1n) is 5.72. The summed E-state index contributed by atoms with van der Waals surface area (Å²) < 4.78 is 37.0. The van der Waals surface area contributed by atoms with Gasteiger partial charge in [0, 0.05) is 6.54 Å². The molecule has 2 N–H and O–H groups in total. The van der Waals surface area contributed by atoms with Gasteiger partial charge in [0.2, 0.25) is 10.1 Å². The van der Waals surface area contributed by atoms with Gasteiger partial charge in [-0.05, 0) is 20.8 Å². The summed E-state index contributed by atoms with van der Waals surface area (Å²) in [5.41, 5.74) is -1.11. The summed E-state index contributed by atoms with van der Waals surface area (Å²) in [5.74, 6) is 0. The maximum Gasteiger partial charge on any atom is 0.445 e. The van der Waals surface area contributed by atoms with Crippen molar-refractivity contribution in [2.45, 2.75) is 32.5 Å². The Morgan fingerprint density at radius 3 is 2.40 bits per heavy atom. The second-order valence-corrected chi connectivity index (χ2v) is 5.64. The summed E-state index contributed by atoms with van der Waals surface area (Å²) in [5, 5.41) is 16.7. The molecule has 0 aromatic carbocycles. The number of carbonyl (C=O) groups is 1. The van der Waals surface area contributed by atoms with E-state index in [1.54, 1.807) is 6.92 Å². The number of rotatable bonds is 4. The van der Waals surface area contributed by atoms with E-state index in [-0.39, 0.29) is 23.0 Å². The smallest absolute Gasteiger partial charge is 0.389 e. The normalized spacial score (nSPS) is 12.3. The Kier molecular flexibility index (Phi) is 4.92. The number of aromatic nitrogens is 2. The molecule has 0 saturated heterocycles. The van der Waals surface area contributed by atoms with E-state index in [9.17, 15) is 23.1 Å². The van der Waals surface area contributed by atoms with Crippen LogP contribution in [0.2, 0.25) is 0 Å². The van der Waals surface area contributed by atoms with Gasteiger partial charge in [-0.1, -0.05) is 11.3 Å². The van der Waals surface area contributed by atoms with E-state index < -0.39 is 22.8 Å². The number of urea groups is 1. The van der Waals surface area contributed by atoms with Crippen molar-refractivity contribution in [1.29, 1.82) is 0 Å². The molecule has 0 saturated carbocycles. The zero-order valence-corrected chi connectivity index (χ0v) is 12.0. The lowest BCUT2D eigenvalue weighted by Crippen LogP contribution is -2.44. The Balaban J connectivity index is 2.72. The van der Waals surface area contributed by atoms with E-state index in [4.69, 9.17) is 0 Å². The minimum absolute atomic E-state index is 0.0419. The fraction of sp³-hybridized carbons (Fsp3) is 0.700. The maximum absolute atomic E-state index is 12.3. The van der Waals surface area contributed by atoms with Crippen molar-refractivity contribution in [3.05, 3.63) is 5.01 Å². The molecular formula is C10H15F3N4O2S. The second-order valence-electron chi connectivity index (χ2n) is 4.67. The minimum atomic E-state index is -4.59. The number of alkyl halides is 3. The SMILES string of the molecule is CCN(CC(C)(C)O)C(=O)Nc1nnc(C(F)(F)F)s1. The van der Waals surface area contributed by atoms with Crippen LogP contribution in [-0.2, 0) is 6.18 Å². The average molecular weight is 312 g/mol. The first-order valence-corrected chi connectivity index (χ1v) is 6.53. The molecule has 20 heavy (non-hydrogen) atoms. The topological polar surface area (TPSA) is 78.4 Å². The largest absolute Gasteiger partial charge is 0.445 e. The summed E-state index contributed by atoms with van der Waals surface area (Å²) in [6.45, 7) is 5.07. The molecule has 0 unspecified atom stereocenters. The lowest BCUT2D eigenvalue weighted by atomic mass is 10.1. The molecule has 0 fully saturated rings. The fourth-order valence-electron chi connectivity index (χ4n) is 1.35. The molecule has 0 bridgehead atoms. The molecule has 0 atom stereocenters. The number of amides is 2. The first-order chi connectivity index (χ1) is 9.03. The Hall–Kier alpha value is -1.42. The molecule has 114 valence electrons. The lowest BCUT2D eigenvalue weighted by molar-refractivity contribution is -0.138. The van der Waals surface area contributed by atoms with Crippen LogP contribution in [0.15, 0.2) is 0 Å². The van der Waals surface area contributed by atoms with Gasteiger partial charge in [-0.3, -0.25) is 5.32 Å². The summed E-state index contributed by atoms with van der Waals surface area (Å²) >= 11 is 0.246. The number of nitrogens with one attached hydrogen (secondary N) is 1. The van der Waals surface area contributed by atoms with Gasteiger partial charge in [0.1, 0.15) is 0 Å². The molecule has 1 aromatic rings. The third-order valence-electron chi connectivity index (χ3n) is 2.13. The van der Waals surface area contributed by atoms with Gasteiger partial charge in [0.05, 0.1) is 12.1 Å². The van der Waals surface area contributed by atoms with E-state index in [1.807, 2.05) is 0 Å². The highest BCUT2D eigenvalue weighted by atomic mass is 32.1. The standard InChI is InChI=1S/C10H15F3N4O2S/c1-4-17(5-9(2,3)19)8(18)14-7-16-15-6(20-7)10(11,12)13/h19H,4-5H2,1-3H3,(H,14,16,18). The second kappa shape index (κ2) is 5.92. The summed E-state index contributed by atoms with van der Waals surface area (Å²) in [4.78, 5) is 13.1. The van der Waals surface area contributed by atoms with E-state index in [0.717, 1.165) is 0 Å². The van der Waals surface area contributed by atoms with Crippen LogP contribution in [0.5, 0.6) is 0 Å². The van der Waals surface area contributed by atoms with Crippen molar-refractivity contribution in [1.82, 2.24) is 15.1 Å². The van der Waals surface area contributed by atoms with Crippen LogP contribution in [0.1, 0.15) is 25.8 Å². The van der Waals surface area contributed by atoms with Gasteiger partial charge >= 0.3 is 12.2 Å². The van der Waals surface area contributed by atoms with Crippen LogP contribution in [0.4, 0.5) is 23.1 Å². The van der Waals surface area contributed by atoms with Crippen molar-refractivity contribution in [2.24, 2.45) is 0 Å². The quantitative estimate of drug-likeness (QED) is 0.893. The van der Waals surface area contributed by atoms with Crippen LogP contribution < -0.4 is 5.32 Å². The van der Waals surface area contributed by atoms with Gasteiger partial charge in [-0.15, -0.1) is 10.2 Å². The van der Waals surface area contributed by atoms with Crippen molar-refractivity contribution in [3.63, 3.8) is 0 Å². The number of aliphatic hydroxyl groups is 1. The molecule has 0 aliphatic heterocycles. The first kappa shape index (κ1) is 16.6. The Morgan fingerprint density at radius 1 is 1.40 bits per heavy atom. The number of carbonyl (C=O) groups excluding carboxylic acids is 1. The van der Waals surface area contributed by atoms with Gasteiger partial charge in [0.25, 0.3) is 0 Å². The zero-order valence-electron chi connectivity index (χ0n) is 11.2. The molecular weight excluding hydrogens is 297 g/mol. The molecule has 0 aliphatic carbocycles. The molecule has 1 rings (SSSR count). The number of halogens is 3. The number of anilines is 1. The summed E-state index contributed by atoms with van der Waals surface area (Å²) in [6.07, 6.45) is -4.59. The van der Waals surface area contributed by atoms with E-state index in [2.05, 4.69) is 15.5 Å². The van der Waals surface area contributed by atoms with Crippen molar-refractivity contribution in [3.8, 4) is 0 Å². The molecule has 1 aromatic heterocycles. The van der Waals surface area contributed by atoms with Crippen molar-refractivity contribution >= 4 is 22.5 Å². The van der Waals surface area contributed by atoms with Gasteiger partial charge < -0.3 is 10.0 Å². The van der Waals surface area contributed by atoms with E-state index >= 15 is 0 Å². The average Bonchev–Trinajstić information content (AvgIpc) is 2.72. The molecule has 0 radical (unpaired) electrons. The molecule has 2 amide bonds. The third-order valence-corrected chi connectivity index (χ3v) is 3.01. The van der Waals surface area contributed by atoms with Gasteiger partial charge in [0.15, 0.2) is 0 Å². The number of nitrogens with zero attached hydrogens (tertiary/aromatic N) is 3. The highest BCUT2D eigenvalue weighted by molar-refractivity contribution is 7.15. The number of likely N-dealkylation sites (N-methyl/N-ethyl adjacent to an activating group) is 1. The lowest BCUT2D eigenvalue weighted by Gasteiger charge is -2.27. The van der Waals surface area contributed by atoms with Crippen molar-refractivity contribution < 1.29 is 23.1 Å². The van der Waals surface area contributed by atoms with Crippen molar-refractivity contribution in [2.75, 3.05) is 18.4 Å². The number of hydrogen-bond acceptors (Lipinski definition) is 5.